The zero-order chi connectivity index (χ0) is 16.8. The number of nitrogens with one attached hydrogen (secondary N) is 1. The molecule has 0 unspecified atom stereocenters. The van der Waals surface area contributed by atoms with E-state index in [9.17, 15) is 4.79 Å². The Morgan fingerprint density at radius 1 is 1.39 bits per heavy atom. The summed E-state index contributed by atoms with van der Waals surface area (Å²) >= 11 is 11.6. The summed E-state index contributed by atoms with van der Waals surface area (Å²) in [6.07, 6.45) is 5.42. The van der Waals surface area contributed by atoms with Crippen molar-refractivity contribution in [3.8, 4) is 0 Å². The van der Waals surface area contributed by atoms with Gasteiger partial charge < -0.3 is 5.32 Å². The van der Waals surface area contributed by atoms with E-state index >= 15 is 0 Å². The number of aryl methyl sites for hydroxylation is 1. The minimum Gasteiger partial charge on any atom is -0.370 e. The third-order valence-corrected chi connectivity index (χ3v) is 4.02. The van der Waals surface area contributed by atoms with Crippen LogP contribution in [0.15, 0.2) is 61.4 Å². The van der Waals surface area contributed by atoms with Crippen molar-refractivity contribution < 1.29 is 9.36 Å². The van der Waals surface area contributed by atoms with Gasteiger partial charge in [0.15, 0.2) is 17.4 Å². The van der Waals surface area contributed by atoms with Crippen molar-refractivity contribution in [1.82, 2.24) is 5.32 Å². The van der Waals surface area contributed by atoms with Crippen LogP contribution >= 0.6 is 23.8 Å². The molecular weight excluding hydrogens is 328 g/mol. The van der Waals surface area contributed by atoms with E-state index in [4.69, 9.17) is 23.8 Å². The molecule has 0 saturated carbocycles. The second-order valence-electron chi connectivity index (χ2n) is 5.11. The molecule has 1 aromatic carbocycles. The highest BCUT2D eigenvalue weighted by molar-refractivity contribution is 7.80. The number of halogens is 1. The van der Waals surface area contributed by atoms with Gasteiger partial charge in [0.1, 0.15) is 0 Å². The second kappa shape index (κ2) is 7.99. The minimum atomic E-state index is -0.648. The zero-order valence-electron chi connectivity index (χ0n) is 12.8. The van der Waals surface area contributed by atoms with Gasteiger partial charge in [0.2, 0.25) is 5.78 Å². The molecule has 0 bridgehead atoms. The van der Waals surface area contributed by atoms with E-state index < -0.39 is 6.04 Å². The molecule has 0 aliphatic heterocycles. The number of rotatable bonds is 6. The smallest absolute Gasteiger partial charge is 0.270 e. The molecule has 0 spiro atoms. The Bertz CT molecular complexity index is 745. The average Bonchev–Trinajstić information content (AvgIpc) is 2.53. The number of aromatic nitrogens is 1. The first kappa shape index (κ1) is 17.3. The van der Waals surface area contributed by atoms with E-state index in [-0.39, 0.29) is 5.78 Å². The maximum atomic E-state index is 13.0. The van der Waals surface area contributed by atoms with Crippen molar-refractivity contribution in [1.29, 1.82) is 0 Å². The minimum absolute atomic E-state index is 0.146. The Morgan fingerprint density at radius 3 is 2.78 bits per heavy atom. The molecular formula is C18H18ClN2OS+. The third kappa shape index (κ3) is 4.24. The normalized spacial score (nSPS) is 11.6. The largest absolute Gasteiger partial charge is 0.370 e. The van der Waals surface area contributed by atoms with Crippen LogP contribution in [-0.2, 0) is 0 Å². The molecule has 0 aliphatic rings. The predicted octanol–water partition coefficient (Wildman–Crippen LogP) is 3.46. The topological polar surface area (TPSA) is 33.0 Å². The summed E-state index contributed by atoms with van der Waals surface area (Å²) in [4.78, 5) is 13.5. The number of benzene rings is 1. The standard InChI is InChI=1S/C18H17ClN2OS/c1-3-10-20-18(23)16(21-11-6-7-13(2)12-21)17(22)14-8-4-5-9-15(14)19/h3-9,11-12,16H,1,10H2,2H3/p+1/t16-/m1/s1. The van der Waals surface area contributed by atoms with Gasteiger partial charge in [0.05, 0.1) is 5.02 Å². The number of pyridine rings is 1. The first-order valence-electron chi connectivity index (χ1n) is 7.19. The van der Waals surface area contributed by atoms with Crippen LogP contribution in [0.3, 0.4) is 0 Å². The fourth-order valence-electron chi connectivity index (χ4n) is 2.24. The first-order chi connectivity index (χ1) is 11.0. The molecule has 3 nitrogen and oxygen atoms in total. The molecule has 5 heteroatoms. The van der Waals surface area contributed by atoms with Gasteiger partial charge in [-0.15, -0.1) is 6.58 Å². The van der Waals surface area contributed by atoms with Crippen LogP contribution in [0.5, 0.6) is 0 Å². The van der Waals surface area contributed by atoms with E-state index in [1.807, 2.05) is 31.5 Å². The molecule has 1 atom stereocenters. The van der Waals surface area contributed by atoms with Gasteiger partial charge >= 0.3 is 0 Å². The highest BCUT2D eigenvalue weighted by Crippen LogP contribution is 2.20. The van der Waals surface area contributed by atoms with Crippen LogP contribution in [0.1, 0.15) is 22.0 Å². The van der Waals surface area contributed by atoms with Gasteiger partial charge in [0, 0.05) is 23.7 Å². The van der Waals surface area contributed by atoms with Crippen molar-refractivity contribution in [3.05, 3.63) is 77.6 Å². The first-order valence-corrected chi connectivity index (χ1v) is 7.98. The summed E-state index contributed by atoms with van der Waals surface area (Å²) < 4.78 is 1.80. The molecule has 23 heavy (non-hydrogen) atoms. The molecule has 0 radical (unpaired) electrons. The summed E-state index contributed by atoms with van der Waals surface area (Å²) in [5.41, 5.74) is 1.49. The number of carbonyl (C=O) groups is 1. The van der Waals surface area contributed by atoms with Crippen LogP contribution in [0.25, 0.3) is 0 Å². The number of nitrogens with zero attached hydrogens (tertiary/aromatic N) is 1. The van der Waals surface area contributed by atoms with E-state index in [0.29, 0.717) is 22.1 Å². The highest BCUT2D eigenvalue weighted by atomic mass is 35.5. The lowest BCUT2D eigenvalue weighted by Crippen LogP contribution is -2.51. The van der Waals surface area contributed by atoms with Gasteiger partial charge in [-0.25, -0.2) is 0 Å². The lowest BCUT2D eigenvalue weighted by atomic mass is 10.0. The van der Waals surface area contributed by atoms with Gasteiger partial charge in [-0.1, -0.05) is 42.0 Å². The number of hydrogen-bond acceptors (Lipinski definition) is 2. The highest BCUT2D eigenvalue weighted by Gasteiger charge is 2.34. The Balaban J connectivity index is 2.45. The SMILES string of the molecule is C=CCNC(=S)[C@@H](C(=O)c1ccccc1Cl)[n+]1cccc(C)c1. The van der Waals surface area contributed by atoms with Crippen LogP contribution in [0, 0.1) is 6.92 Å². The second-order valence-corrected chi connectivity index (χ2v) is 5.96. The van der Waals surface area contributed by atoms with Gasteiger partial charge in [-0.2, -0.15) is 4.57 Å². The van der Waals surface area contributed by atoms with E-state index in [2.05, 4.69) is 11.9 Å². The quantitative estimate of drug-likeness (QED) is 0.376. The third-order valence-electron chi connectivity index (χ3n) is 3.32. The van der Waals surface area contributed by atoms with Crippen LogP contribution < -0.4 is 9.88 Å². The Morgan fingerprint density at radius 2 is 2.13 bits per heavy atom. The Hall–Kier alpha value is -2.04. The fraction of sp³-hybridized carbons (Fsp3) is 0.167. The predicted molar refractivity (Wildman–Crippen MR) is 97.0 cm³/mol. The number of Topliss-reactive ketones (excluding diaryl/α,β-unsaturated/α-hetero) is 1. The average molecular weight is 346 g/mol. The Labute approximate surface area is 146 Å². The summed E-state index contributed by atoms with van der Waals surface area (Å²) in [6.45, 7) is 6.12. The molecule has 0 aliphatic carbocycles. The van der Waals surface area contributed by atoms with Crippen molar-refractivity contribution in [3.63, 3.8) is 0 Å². The van der Waals surface area contributed by atoms with Crippen LogP contribution in [0.2, 0.25) is 5.02 Å². The van der Waals surface area contributed by atoms with Gasteiger partial charge in [0.25, 0.3) is 6.04 Å². The molecule has 0 saturated heterocycles. The molecule has 1 N–H and O–H groups in total. The van der Waals surface area contributed by atoms with Crippen molar-refractivity contribution in [2.75, 3.05) is 6.54 Å². The van der Waals surface area contributed by atoms with Crippen molar-refractivity contribution >= 4 is 34.6 Å². The van der Waals surface area contributed by atoms with E-state index in [1.54, 1.807) is 34.9 Å². The molecule has 0 amide bonds. The molecule has 1 aromatic heterocycles. The lowest BCUT2D eigenvalue weighted by molar-refractivity contribution is -0.692. The zero-order valence-corrected chi connectivity index (χ0v) is 14.4. The monoisotopic (exact) mass is 345 g/mol. The lowest BCUT2D eigenvalue weighted by Gasteiger charge is -2.14. The van der Waals surface area contributed by atoms with Crippen LogP contribution in [-0.4, -0.2) is 17.3 Å². The Kier molecular flexibility index (Phi) is 6.02. The summed E-state index contributed by atoms with van der Waals surface area (Å²) in [5, 5.41) is 3.47. The summed E-state index contributed by atoms with van der Waals surface area (Å²) in [7, 11) is 0. The van der Waals surface area contributed by atoms with E-state index in [0.717, 1.165) is 5.56 Å². The fourth-order valence-corrected chi connectivity index (χ4v) is 2.78. The molecule has 0 fully saturated rings. The van der Waals surface area contributed by atoms with Gasteiger partial charge in [-0.05, 0) is 25.1 Å². The maximum absolute atomic E-state index is 13.0. The molecule has 2 aromatic rings. The van der Waals surface area contributed by atoms with Crippen molar-refractivity contribution in [2.45, 2.75) is 13.0 Å². The number of hydrogen-bond donors (Lipinski definition) is 1. The molecule has 2 rings (SSSR count). The number of carbonyl (C=O) groups excluding carboxylic acids is 1. The number of thiocarbonyl (C=S) groups is 1. The number of ketones is 1. The molecule has 1 heterocycles. The van der Waals surface area contributed by atoms with Crippen molar-refractivity contribution in [2.24, 2.45) is 0 Å². The van der Waals surface area contributed by atoms with E-state index in [1.165, 1.54) is 0 Å². The molecule has 118 valence electrons. The summed E-state index contributed by atoms with van der Waals surface area (Å²) in [6, 6.07) is 10.2. The van der Waals surface area contributed by atoms with Crippen LogP contribution in [0.4, 0.5) is 0 Å². The van der Waals surface area contributed by atoms with Gasteiger partial charge in [-0.3, -0.25) is 4.79 Å². The summed E-state index contributed by atoms with van der Waals surface area (Å²) in [5.74, 6) is -0.146. The maximum Gasteiger partial charge on any atom is 0.270 e.